The minimum Gasteiger partial charge on any atom is -0.484 e. The molecule has 5 heteroatoms. The van der Waals surface area contributed by atoms with Gasteiger partial charge < -0.3 is 15.4 Å². The first-order valence-electron chi connectivity index (χ1n) is 6.80. The Morgan fingerprint density at radius 1 is 1.55 bits per heavy atom. The second kappa shape index (κ2) is 5.79. The molecule has 1 aromatic rings. The summed E-state index contributed by atoms with van der Waals surface area (Å²) < 4.78 is 18.3. The second-order valence-corrected chi connectivity index (χ2v) is 5.95. The molecular formula is C15H21FN2O2. The van der Waals surface area contributed by atoms with Gasteiger partial charge in [0.25, 0.3) is 5.91 Å². The van der Waals surface area contributed by atoms with Crippen LogP contribution in [-0.2, 0) is 4.79 Å². The number of ether oxygens (including phenoxy) is 1. The summed E-state index contributed by atoms with van der Waals surface area (Å²) in [5.74, 6) is -0.0967. The molecular weight excluding hydrogens is 259 g/mol. The molecule has 110 valence electrons. The highest BCUT2D eigenvalue weighted by molar-refractivity contribution is 5.78. The minimum atomic E-state index is -0.375. The van der Waals surface area contributed by atoms with Gasteiger partial charge in [0.1, 0.15) is 11.6 Å². The lowest BCUT2D eigenvalue weighted by Crippen LogP contribution is -2.54. The molecule has 20 heavy (non-hydrogen) atoms. The van der Waals surface area contributed by atoms with Gasteiger partial charge in [0.2, 0.25) is 0 Å². The van der Waals surface area contributed by atoms with Crippen LogP contribution in [0.4, 0.5) is 4.39 Å². The van der Waals surface area contributed by atoms with Crippen molar-refractivity contribution in [3.05, 3.63) is 30.1 Å². The highest BCUT2D eigenvalue weighted by Gasteiger charge is 2.35. The summed E-state index contributed by atoms with van der Waals surface area (Å²) in [6.45, 7) is 5.32. The first-order chi connectivity index (χ1) is 9.38. The van der Waals surface area contributed by atoms with E-state index in [4.69, 9.17) is 10.5 Å². The molecule has 1 heterocycles. The molecule has 2 N–H and O–H groups in total. The predicted molar refractivity (Wildman–Crippen MR) is 74.8 cm³/mol. The zero-order chi connectivity index (χ0) is 14.8. The first kappa shape index (κ1) is 14.8. The Kier molecular flexibility index (Phi) is 4.28. The Labute approximate surface area is 118 Å². The normalized spacial score (nSPS) is 21.6. The van der Waals surface area contributed by atoms with E-state index in [1.54, 1.807) is 17.0 Å². The van der Waals surface area contributed by atoms with Crippen LogP contribution in [0.3, 0.4) is 0 Å². The lowest BCUT2D eigenvalue weighted by atomic mass is 9.80. The van der Waals surface area contributed by atoms with Crippen LogP contribution in [0.1, 0.15) is 20.3 Å². The van der Waals surface area contributed by atoms with Gasteiger partial charge in [-0.05, 0) is 24.0 Å². The summed E-state index contributed by atoms with van der Waals surface area (Å²) in [7, 11) is 0. The van der Waals surface area contributed by atoms with Crippen LogP contribution in [0, 0.1) is 11.2 Å². The average molecular weight is 280 g/mol. The van der Waals surface area contributed by atoms with Gasteiger partial charge >= 0.3 is 0 Å². The number of amides is 1. The molecule has 1 aliphatic heterocycles. The average Bonchev–Trinajstić information content (AvgIpc) is 2.39. The van der Waals surface area contributed by atoms with Crippen molar-refractivity contribution in [3.63, 3.8) is 0 Å². The molecule has 1 aliphatic rings. The van der Waals surface area contributed by atoms with E-state index in [1.807, 2.05) is 0 Å². The number of likely N-dealkylation sites (tertiary alicyclic amines) is 1. The Morgan fingerprint density at radius 2 is 2.30 bits per heavy atom. The molecule has 1 saturated heterocycles. The summed E-state index contributed by atoms with van der Waals surface area (Å²) in [5, 5.41) is 0. The summed E-state index contributed by atoms with van der Waals surface area (Å²) in [5.41, 5.74) is 5.96. The summed E-state index contributed by atoms with van der Waals surface area (Å²) in [4.78, 5) is 13.9. The fourth-order valence-corrected chi connectivity index (χ4v) is 2.38. The van der Waals surface area contributed by atoms with Crippen molar-refractivity contribution < 1.29 is 13.9 Å². The van der Waals surface area contributed by atoms with Crippen molar-refractivity contribution in [1.82, 2.24) is 4.90 Å². The lowest BCUT2D eigenvalue weighted by molar-refractivity contribution is -0.136. The molecule has 1 unspecified atom stereocenters. The van der Waals surface area contributed by atoms with E-state index in [2.05, 4.69) is 13.8 Å². The molecule has 2 rings (SSSR count). The number of carbonyl (C=O) groups is 1. The SMILES string of the molecule is CC1(C)CN(C(=O)COc2cccc(F)c2)CCC1N. The highest BCUT2D eigenvalue weighted by atomic mass is 19.1. The molecule has 0 aromatic heterocycles. The molecule has 1 atom stereocenters. The third-order valence-electron chi connectivity index (χ3n) is 3.82. The van der Waals surface area contributed by atoms with Gasteiger partial charge in [-0.15, -0.1) is 0 Å². The van der Waals surface area contributed by atoms with Gasteiger partial charge in [0.05, 0.1) is 0 Å². The molecule has 1 amide bonds. The van der Waals surface area contributed by atoms with Crippen LogP contribution in [0.15, 0.2) is 24.3 Å². The Hall–Kier alpha value is -1.62. The number of piperidine rings is 1. The van der Waals surface area contributed by atoms with E-state index in [0.717, 1.165) is 6.42 Å². The lowest BCUT2D eigenvalue weighted by Gasteiger charge is -2.42. The van der Waals surface area contributed by atoms with Gasteiger partial charge in [-0.1, -0.05) is 19.9 Å². The Morgan fingerprint density at radius 3 is 2.95 bits per heavy atom. The first-order valence-corrected chi connectivity index (χ1v) is 6.80. The Balaban J connectivity index is 1.89. The van der Waals surface area contributed by atoms with Crippen molar-refractivity contribution in [3.8, 4) is 5.75 Å². The molecule has 0 saturated carbocycles. The number of nitrogens with zero attached hydrogens (tertiary/aromatic N) is 1. The molecule has 0 bridgehead atoms. The topological polar surface area (TPSA) is 55.6 Å². The molecule has 1 aromatic carbocycles. The largest absolute Gasteiger partial charge is 0.484 e. The molecule has 1 fully saturated rings. The maximum absolute atomic E-state index is 13.0. The van der Waals surface area contributed by atoms with E-state index in [9.17, 15) is 9.18 Å². The molecule has 0 spiro atoms. The van der Waals surface area contributed by atoms with Crippen molar-refractivity contribution in [1.29, 1.82) is 0 Å². The van der Waals surface area contributed by atoms with Crippen LogP contribution >= 0.6 is 0 Å². The van der Waals surface area contributed by atoms with Crippen molar-refractivity contribution in [2.24, 2.45) is 11.1 Å². The van der Waals surface area contributed by atoms with E-state index >= 15 is 0 Å². The highest BCUT2D eigenvalue weighted by Crippen LogP contribution is 2.27. The maximum Gasteiger partial charge on any atom is 0.260 e. The van der Waals surface area contributed by atoms with E-state index < -0.39 is 0 Å². The van der Waals surface area contributed by atoms with Crippen LogP contribution in [0.5, 0.6) is 5.75 Å². The van der Waals surface area contributed by atoms with Gasteiger partial charge in [-0.25, -0.2) is 4.39 Å². The number of rotatable bonds is 3. The fraction of sp³-hybridized carbons (Fsp3) is 0.533. The van der Waals surface area contributed by atoms with Gasteiger partial charge in [0.15, 0.2) is 6.61 Å². The van der Waals surface area contributed by atoms with Gasteiger partial charge in [-0.2, -0.15) is 0 Å². The summed E-state index contributed by atoms with van der Waals surface area (Å²) >= 11 is 0. The van der Waals surface area contributed by atoms with Crippen molar-refractivity contribution in [2.75, 3.05) is 19.7 Å². The maximum atomic E-state index is 13.0. The number of halogens is 1. The number of hydrogen-bond acceptors (Lipinski definition) is 3. The van der Waals surface area contributed by atoms with E-state index in [-0.39, 0.29) is 29.8 Å². The molecule has 0 radical (unpaired) electrons. The second-order valence-electron chi connectivity index (χ2n) is 5.95. The quantitative estimate of drug-likeness (QED) is 0.918. The Bertz CT molecular complexity index is 491. The number of benzene rings is 1. The third kappa shape index (κ3) is 3.48. The summed E-state index contributed by atoms with van der Waals surface area (Å²) in [6.07, 6.45) is 0.790. The summed E-state index contributed by atoms with van der Waals surface area (Å²) in [6, 6.07) is 5.90. The van der Waals surface area contributed by atoms with Crippen LogP contribution in [0.25, 0.3) is 0 Å². The molecule has 0 aliphatic carbocycles. The van der Waals surface area contributed by atoms with Crippen LogP contribution in [0.2, 0.25) is 0 Å². The van der Waals surface area contributed by atoms with E-state index in [1.165, 1.54) is 12.1 Å². The van der Waals surface area contributed by atoms with Crippen LogP contribution < -0.4 is 10.5 Å². The van der Waals surface area contributed by atoms with Crippen molar-refractivity contribution >= 4 is 5.91 Å². The monoisotopic (exact) mass is 280 g/mol. The number of hydrogen-bond donors (Lipinski definition) is 1. The fourth-order valence-electron chi connectivity index (χ4n) is 2.38. The molecule has 4 nitrogen and oxygen atoms in total. The smallest absolute Gasteiger partial charge is 0.260 e. The van der Waals surface area contributed by atoms with Gasteiger partial charge in [0, 0.05) is 25.2 Å². The standard InChI is InChI=1S/C15H21FN2O2/c1-15(2)10-18(7-6-13(15)17)14(19)9-20-12-5-3-4-11(16)8-12/h3-5,8,13H,6-7,9-10,17H2,1-2H3. The third-order valence-corrected chi connectivity index (χ3v) is 3.82. The zero-order valence-electron chi connectivity index (χ0n) is 11.9. The van der Waals surface area contributed by atoms with E-state index in [0.29, 0.717) is 18.8 Å². The zero-order valence-corrected chi connectivity index (χ0v) is 11.9. The number of nitrogens with two attached hydrogens (primary N) is 1. The predicted octanol–water partition coefficient (Wildman–Crippen LogP) is 1.79. The van der Waals surface area contributed by atoms with Crippen molar-refractivity contribution in [2.45, 2.75) is 26.3 Å². The van der Waals surface area contributed by atoms with Crippen LogP contribution in [-0.4, -0.2) is 36.5 Å². The minimum absolute atomic E-state index is 0.0746. The number of carbonyl (C=O) groups excluding carboxylic acids is 1. The van der Waals surface area contributed by atoms with Gasteiger partial charge in [-0.3, -0.25) is 4.79 Å².